The summed E-state index contributed by atoms with van der Waals surface area (Å²) in [6.07, 6.45) is 0. The van der Waals surface area contributed by atoms with E-state index in [9.17, 15) is 8.42 Å². The fourth-order valence-electron chi connectivity index (χ4n) is 2.02. The minimum Gasteiger partial charge on any atom is -0.487 e. The van der Waals surface area contributed by atoms with Crippen LogP contribution in [-0.4, -0.2) is 8.42 Å². The van der Waals surface area contributed by atoms with Crippen molar-refractivity contribution in [1.29, 1.82) is 0 Å². The smallest absolute Gasteiger partial charge is 0.265 e. The predicted octanol–water partition coefficient (Wildman–Crippen LogP) is 4.41. The molecule has 0 fully saturated rings. The molecule has 0 atom stereocenters. The molecule has 0 aromatic heterocycles. The van der Waals surface area contributed by atoms with Gasteiger partial charge in [-0.05, 0) is 71.3 Å². The Morgan fingerprint density at radius 3 is 2.33 bits per heavy atom. The van der Waals surface area contributed by atoms with Crippen molar-refractivity contribution in [1.82, 2.24) is 0 Å². The van der Waals surface area contributed by atoms with Gasteiger partial charge in [0.25, 0.3) is 9.05 Å². The number of hydrogen-bond donors (Lipinski definition) is 0. The van der Waals surface area contributed by atoms with Crippen LogP contribution in [0.15, 0.2) is 41.3 Å². The first-order chi connectivity index (χ1) is 9.77. The van der Waals surface area contributed by atoms with Crippen LogP contribution in [0.25, 0.3) is 0 Å². The molecule has 21 heavy (non-hydrogen) atoms. The maximum Gasteiger partial charge on any atom is 0.265 e. The molecule has 0 N–H and O–H groups in total. The zero-order valence-electron chi connectivity index (χ0n) is 11.6. The summed E-state index contributed by atoms with van der Waals surface area (Å²) >= 11 is 2.22. The zero-order valence-corrected chi connectivity index (χ0v) is 15.3. The molecule has 0 saturated heterocycles. The first-order valence-corrected chi connectivity index (χ1v) is 9.59. The van der Waals surface area contributed by atoms with Crippen LogP contribution in [0.3, 0.4) is 0 Å². The molecule has 0 bridgehead atoms. The third-order valence-electron chi connectivity index (χ3n) is 2.94. The van der Waals surface area contributed by atoms with Gasteiger partial charge in [-0.15, -0.1) is 0 Å². The van der Waals surface area contributed by atoms with Crippen LogP contribution < -0.4 is 4.74 Å². The second-order valence-electron chi connectivity index (χ2n) is 4.76. The third-order valence-corrected chi connectivity index (χ3v) is 4.99. The lowest BCUT2D eigenvalue weighted by Gasteiger charge is -2.13. The fraction of sp³-hybridized carbons (Fsp3) is 0.200. The zero-order chi connectivity index (χ0) is 15.6. The molecule has 2 aromatic carbocycles. The number of ether oxygens (including phenoxy) is 1. The van der Waals surface area contributed by atoms with Crippen LogP contribution in [0.2, 0.25) is 0 Å². The SMILES string of the molecule is Cc1cc(C)c(OCc2ccc(I)cc2)c(S(=O)(=O)Cl)c1. The molecule has 0 aliphatic heterocycles. The number of halogens is 2. The lowest BCUT2D eigenvalue weighted by molar-refractivity contribution is 0.296. The van der Waals surface area contributed by atoms with Crippen molar-refractivity contribution in [2.75, 3.05) is 0 Å². The minimum atomic E-state index is -3.84. The Bertz CT molecular complexity index is 755. The normalized spacial score (nSPS) is 11.4. The summed E-state index contributed by atoms with van der Waals surface area (Å²) in [6, 6.07) is 11.2. The maximum absolute atomic E-state index is 11.7. The van der Waals surface area contributed by atoms with Gasteiger partial charge in [-0.2, -0.15) is 0 Å². The summed E-state index contributed by atoms with van der Waals surface area (Å²) in [5.41, 5.74) is 2.54. The summed E-state index contributed by atoms with van der Waals surface area (Å²) in [5.74, 6) is 0.314. The van der Waals surface area contributed by atoms with Crippen LogP contribution >= 0.6 is 33.3 Å². The molecule has 2 rings (SSSR count). The van der Waals surface area contributed by atoms with E-state index in [0.29, 0.717) is 12.4 Å². The van der Waals surface area contributed by atoms with Crippen LogP contribution in [0.1, 0.15) is 16.7 Å². The second kappa shape index (κ2) is 6.54. The molecule has 2 aromatic rings. The van der Waals surface area contributed by atoms with Gasteiger partial charge < -0.3 is 4.74 Å². The summed E-state index contributed by atoms with van der Waals surface area (Å²) < 4.78 is 30.2. The Kier molecular flexibility index (Phi) is 5.16. The summed E-state index contributed by atoms with van der Waals surface area (Å²) in [4.78, 5) is 0.0205. The van der Waals surface area contributed by atoms with E-state index in [2.05, 4.69) is 22.6 Å². The predicted molar refractivity (Wildman–Crippen MR) is 92.4 cm³/mol. The van der Waals surface area contributed by atoms with E-state index >= 15 is 0 Å². The van der Waals surface area contributed by atoms with Gasteiger partial charge in [-0.1, -0.05) is 18.2 Å². The standard InChI is InChI=1S/C15H14ClIO3S/c1-10-7-11(2)15(14(8-10)21(16,18)19)20-9-12-3-5-13(17)6-4-12/h3-8H,9H2,1-2H3. The van der Waals surface area contributed by atoms with Crippen molar-refractivity contribution in [2.24, 2.45) is 0 Å². The van der Waals surface area contributed by atoms with Crippen molar-refractivity contribution in [3.8, 4) is 5.75 Å². The first kappa shape index (κ1) is 16.6. The summed E-state index contributed by atoms with van der Waals surface area (Å²) in [7, 11) is 1.66. The van der Waals surface area contributed by atoms with Gasteiger partial charge in [0.05, 0.1) is 0 Å². The Hall–Kier alpha value is -0.790. The van der Waals surface area contributed by atoms with Gasteiger partial charge in [0.15, 0.2) is 0 Å². The molecule has 0 aliphatic rings. The van der Waals surface area contributed by atoms with E-state index in [0.717, 1.165) is 20.3 Å². The van der Waals surface area contributed by atoms with Crippen molar-refractivity contribution in [2.45, 2.75) is 25.3 Å². The van der Waals surface area contributed by atoms with E-state index in [1.165, 1.54) is 6.07 Å². The van der Waals surface area contributed by atoms with Crippen LogP contribution in [-0.2, 0) is 15.7 Å². The number of aryl methyl sites for hydroxylation is 2. The highest BCUT2D eigenvalue weighted by atomic mass is 127. The largest absolute Gasteiger partial charge is 0.487 e. The van der Waals surface area contributed by atoms with E-state index in [1.54, 1.807) is 0 Å². The minimum absolute atomic E-state index is 0.0205. The average molecular weight is 437 g/mol. The van der Waals surface area contributed by atoms with Gasteiger partial charge in [0, 0.05) is 14.3 Å². The highest BCUT2D eigenvalue weighted by Gasteiger charge is 2.19. The van der Waals surface area contributed by atoms with Gasteiger partial charge in [0.2, 0.25) is 0 Å². The third kappa shape index (κ3) is 4.34. The Morgan fingerprint density at radius 1 is 1.14 bits per heavy atom. The van der Waals surface area contributed by atoms with E-state index in [4.69, 9.17) is 15.4 Å². The van der Waals surface area contributed by atoms with Gasteiger partial charge in [-0.25, -0.2) is 8.42 Å². The van der Waals surface area contributed by atoms with E-state index in [-0.39, 0.29) is 4.90 Å². The highest BCUT2D eigenvalue weighted by molar-refractivity contribution is 14.1. The molecule has 0 heterocycles. The molecule has 3 nitrogen and oxygen atoms in total. The number of benzene rings is 2. The van der Waals surface area contributed by atoms with Crippen LogP contribution in [0, 0.1) is 17.4 Å². The molecule has 0 spiro atoms. The molecule has 0 unspecified atom stereocenters. The van der Waals surface area contributed by atoms with E-state index in [1.807, 2.05) is 44.2 Å². The van der Waals surface area contributed by atoms with E-state index < -0.39 is 9.05 Å². The molecule has 6 heteroatoms. The monoisotopic (exact) mass is 436 g/mol. The topological polar surface area (TPSA) is 43.4 Å². The molecule has 0 radical (unpaired) electrons. The van der Waals surface area contributed by atoms with Crippen molar-refractivity contribution < 1.29 is 13.2 Å². The fourth-order valence-corrected chi connectivity index (χ4v) is 3.49. The lowest BCUT2D eigenvalue weighted by atomic mass is 10.1. The van der Waals surface area contributed by atoms with Crippen LogP contribution in [0.5, 0.6) is 5.75 Å². The van der Waals surface area contributed by atoms with Gasteiger partial charge in [0.1, 0.15) is 17.3 Å². The van der Waals surface area contributed by atoms with Crippen molar-refractivity contribution in [3.63, 3.8) is 0 Å². The Labute approximate surface area is 142 Å². The maximum atomic E-state index is 11.7. The van der Waals surface area contributed by atoms with Crippen molar-refractivity contribution >= 4 is 42.3 Å². The van der Waals surface area contributed by atoms with Gasteiger partial charge >= 0.3 is 0 Å². The van der Waals surface area contributed by atoms with Gasteiger partial charge in [-0.3, -0.25) is 0 Å². The second-order valence-corrected chi connectivity index (χ2v) is 8.54. The molecule has 112 valence electrons. The Balaban J connectivity index is 2.33. The molecular weight excluding hydrogens is 423 g/mol. The van der Waals surface area contributed by atoms with Crippen LogP contribution in [0.4, 0.5) is 0 Å². The molecule has 0 aliphatic carbocycles. The summed E-state index contributed by atoms with van der Waals surface area (Å²) in [5, 5.41) is 0. The lowest BCUT2D eigenvalue weighted by Crippen LogP contribution is -2.03. The highest BCUT2D eigenvalue weighted by Crippen LogP contribution is 2.32. The van der Waals surface area contributed by atoms with Crippen molar-refractivity contribution in [3.05, 3.63) is 56.7 Å². The molecule has 0 amide bonds. The quantitative estimate of drug-likeness (QED) is 0.526. The average Bonchev–Trinajstić information content (AvgIpc) is 2.38. The summed E-state index contributed by atoms with van der Waals surface area (Å²) in [6.45, 7) is 3.92. The molecule has 0 saturated carbocycles. The number of hydrogen-bond acceptors (Lipinski definition) is 3. The number of rotatable bonds is 4. The Morgan fingerprint density at radius 2 is 1.76 bits per heavy atom. The molecular formula is C15H14ClIO3S. The first-order valence-electron chi connectivity index (χ1n) is 6.20.